The number of carbonyl (C=O) groups excluding carboxylic acids is 2. The fourth-order valence-corrected chi connectivity index (χ4v) is 3.47. The van der Waals surface area contributed by atoms with Crippen molar-refractivity contribution < 1.29 is 19.4 Å². The van der Waals surface area contributed by atoms with E-state index in [4.69, 9.17) is 4.74 Å². The molecule has 144 valence electrons. The molecule has 0 bridgehead atoms. The van der Waals surface area contributed by atoms with E-state index in [9.17, 15) is 14.7 Å². The summed E-state index contributed by atoms with van der Waals surface area (Å²) in [6.07, 6.45) is 2.06. The average Bonchev–Trinajstić information content (AvgIpc) is 3.03. The van der Waals surface area contributed by atoms with Crippen LogP contribution in [0.3, 0.4) is 0 Å². The van der Waals surface area contributed by atoms with E-state index < -0.39 is 0 Å². The van der Waals surface area contributed by atoms with Gasteiger partial charge in [-0.25, -0.2) is 4.79 Å². The summed E-state index contributed by atoms with van der Waals surface area (Å²) >= 11 is 1.31. The van der Waals surface area contributed by atoms with Gasteiger partial charge in [-0.1, -0.05) is 23.9 Å². The number of amides is 1. The van der Waals surface area contributed by atoms with Crippen LogP contribution in [0.25, 0.3) is 0 Å². The Balaban J connectivity index is 1.58. The number of nitrogens with one attached hydrogen (secondary N) is 1. The second-order valence-electron chi connectivity index (χ2n) is 5.96. The molecule has 1 amide bonds. The quantitative estimate of drug-likeness (QED) is 0.443. The van der Waals surface area contributed by atoms with Gasteiger partial charge >= 0.3 is 5.97 Å². The van der Waals surface area contributed by atoms with Crippen LogP contribution in [0.4, 0.5) is 0 Å². The standard InChI is InChI=1S/C20H19N3O4S/c1-2-27-19(26)15-7-3-13(4-8-15)11-17-18(25)22-20(28-17)23-21-12-14-5-9-16(24)10-6-14/h3-10,12,17,24H,2,11H2,1H3,(H,22,23,25)/b21-12+/t17-/m0/s1. The summed E-state index contributed by atoms with van der Waals surface area (Å²) in [5, 5.41) is 20.1. The average molecular weight is 397 g/mol. The molecule has 2 aromatic rings. The van der Waals surface area contributed by atoms with E-state index in [1.54, 1.807) is 49.5 Å². The van der Waals surface area contributed by atoms with Crippen molar-refractivity contribution in [2.45, 2.75) is 18.6 Å². The smallest absolute Gasteiger partial charge is 0.338 e. The molecule has 1 saturated heterocycles. The zero-order valence-corrected chi connectivity index (χ0v) is 16.0. The monoisotopic (exact) mass is 397 g/mol. The minimum Gasteiger partial charge on any atom is -0.508 e. The zero-order valence-electron chi connectivity index (χ0n) is 15.2. The van der Waals surface area contributed by atoms with Crippen LogP contribution in [0, 0.1) is 0 Å². The van der Waals surface area contributed by atoms with Crippen LogP contribution in [0.2, 0.25) is 0 Å². The van der Waals surface area contributed by atoms with E-state index in [0.29, 0.717) is 23.8 Å². The van der Waals surface area contributed by atoms with Crippen LogP contribution in [0.15, 0.2) is 58.7 Å². The van der Waals surface area contributed by atoms with Crippen LogP contribution >= 0.6 is 11.8 Å². The number of rotatable bonds is 6. The number of thioether (sulfide) groups is 1. The van der Waals surface area contributed by atoms with Gasteiger partial charge in [0.1, 0.15) is 5.75 Å². The molecule has 7 nitrogen and oxygen atoms in total. The molecule has 1 aliphatic heterocycles. The van der Waals surface area contributed by atoms with Crippen molar-refractivity contribution in [3.8, 4) is 5.75 Å². The Hall–Kier alpha value is -3.13. The molecular weight excluding hydrogens is 378 g/mol. The Morgan fingerprint density at radius 3 is 2.61 bits per heavy atom. The molecule has 0 aromatic heterocycles. The third-order valence-corrected chi connectivity index (χ3v) is 4.98. The second kappa shape index (κ2) is 9.18. The van der Waals surface area contributed by atoms with Crippen molar-refractivity contribution in [2.24, 2.45) is 10.2 Å². The maximum Gasteiger partial charge on any atom is 0.338 e. The summed E-state index contributed by atoms with van der Waals surface area (Å²) in [6, 6.07) is 13.6. The number of phenols is 1. The summed E-state index contributed by atoms with van der Waals surface area (Å²) in [5.74, 6) is -0.304. The number of hydrogen-bond donors (Lipinski definition) is 2. The van der Waals surface area contributed by atoms with Crippen LogP contribution < -0.4 is 5.32 Å². The first-order valence-corrected chi connectivity index (χ1v) is 9.56. The highest BCUT2D eigenvalue weighted by atomic mass is 32.2. The Morgan fingerprint density at radius 2 is 1.93 bits per heavy atom. The summed E-state index contributed by atoms with van der Waals surface area (Å²) in [7, 11) is 0. The van der Waals surface area contributed by atoms with Gasteiger partial charge in [0.2, 0.25) is 5.91 Å². The van der Waals surface area contributed by atoms with Gasteiger partial charge in [-0.3, -0.25) is 4.79 Å². The lowest BCUT2D eigenvalue weighted by Gasteiger charge is -2.06. The van der Waals surface area contributed by atoms with Gasteiger partial charge < -0.3 is 15.2 Å². The SMILES string of the molecule is CCOC(=O)c1ccc(C[C@@H]2S/C(=N/N=C/c3ccc(O)cc3)NC2=O)cc1. The number of ether oxygens (including phenoxy) is 1. The van der Waals surface area contributed by atoms with Crippen molar-refractivity contribution in [1.82, 2.24) is 5.32 Å². The van der Waals surface area contributed by atoms with Gasteiger partial charge in [-0.15, -0.1) is 5.10 Å². The summed E-state index contributed by atoms with van der Waals surface area (Å²) < 4.78 is 4.96. The summed E-state index contributed by atoms with van der Waals surface area (Å²) in [4.78, 5) is 23.8. The Kier molecular flexibility index (Phi) is 6.44. The van der Waals surface area contributed by atoms with E-state index in [1.807, 2.05) is 12.1 Å². The van der Waals surface area contributed by atoms with Gasteiger partial charge in [-0.2, -0.15) is 5.10 Å². The van der Waals surface area contributed by atoms with Gasteiger partial charge in [0.15, 0.2) is 5.17 Å². The molecule has 8 heteroatoms. The molecule has 1 fully saturated rings. The predicted molar refractivity (Wildman–Crippen MR) is 109 cm³/mol. The fraction of sp³-hybridized carbons (Fsp3) is 0.200. The minimum atomic E-state index is -0.358. The van der Waals surface area contributed by atoms with Crippen molar-refractivity contribution in [2.75, 3.05) is 6.61 Å². The Bertz CT molecular complexity index is 908. The lowest BCUT2D eigenvalue weighted by molar-refractivity contribution is -0.118. The lowest BCUT2D eigenvalue weighted by Crippen LogP contribution is -2.25. The first-order chi connectivity index (χ1) is 13.5. The van der Waals surface area contributed by atoms with Crippen molar-refractivity contribution in [3.63, 3.8) is 0 Å². The number of benzene rings is 2. The summed E-state index contributed by atoms with van der Waals surface area (Å²) in [6.45, 7) is 2.09. The third-order valence-electron chi connectivity index (χ3n) is 3.91. The zero-order chi connectivity index (χ0) is 19.9. The molecule has 0 radical (unpaired) electrons. The van der Waals surface area contributed by atoms with E-state index in [1.165, 1.54) is 11.8 Å². The largest absolute Gasteiger partial charge is 0.508 e. The number of amidine groups is 1. The molecule has 2 N–H and O–H groups in total. The second-order valence-corrected chi connectivity index (χ2v) is 7.15. The topological polar surface area (TPSA) is 100 Å². The molecule has 0 aliphatic carbocycles. The highest BCUT2D eigenvalue weighted by Gasteiger charge is 2.30. The van der Waals surface area contributed by atoms with Crippen LogP contribution in [0.1, 0.15) is 28.4 Å². The van der Waals surface area contributed by atoms with Gasteiger partial charge in [-0.05, 0) is 60.9 Å². The summed E-state index contributed by atoms with van der Waals surface area (Å²) in [5.41, 5.74) is 2.21. The van der Waals surface area contributed by atoms with Crippen molar-refractivity contribution >= 4 is 35.0 Å². The molecular formula is C20H19N3O4S. The number of hydrogen-bond acceptors (Lipinski definition) is 7. The lowest BCUT2D eigenvalue weighted by atomic mass is 10.1. The predicted octanol–water partition coefficient (Wildman–Crippen LogP) is 2.73. The van der Waals surface area contributed by atoms with Gasteiger partial charge in [0, 0.05) is 0 Å². The number of esters is 1. The molecule has 1 atom stereocenters. The molecule has 0 unspecified atom stereocenters. The first kappa shape index (κ1) is 19.6. The Labute approximate surface area is 166 Å². The van der Waals surface area contributed by atoms with E-state index in [0.717, 1.165) is 11.1 Å². The van der Waals surface area contributed by atoms with E-state index >= 15 is 0 Å². The Morgan fingerprint density at radius 1 is 1.21 bits per heavy atom. The highest BCUT2D eigenvalue weighted by molar-refractivity contribution is 8.15. The number of carbonyl (C=O) groups is 2. The van der Waals surface area contributed by atoms with Crippen molar-refractivity contribution in [3.05, 3.63) is 65.2 Å². The number of phenolic OH excluding ortho intramolecular Hbond substituents is 1. The molecule has 0 spiro atoms. The molecule has 1 heterocycles. The highest BCUT2D eigenvalue weighted by Crippen LogP contribution is 2.23. The third kappa shape index (κ3) is 5.20. The van der Waals surface area contributed by atoms with E-state index in [-0.39, 0.29) is 22.9 Å². The van der Waals surface area contributed by atoms with E-state index in [2.05, 4.69) is 15.5 Å². The normalized spacial score (nSPS) is 17.8. The maximum atomic E-state index is 12.2. The number of aromatic hydroxyl groups is 1. The maximum absolute atomic E-state index is 12.2. The van der Waals surface area contributed by atoms with Gasteiger partial charge in [0.05, 0.1) is 23.6 Å². The molecule has 1 aliphatic rings. The first-order valence-electron chi connectivity index (χ1n) is 8.69. The molecule has 28 heavy (non-hydrogen) atoms. The number of nitrogens with zero attached hydrogens (tertiary/aromatic N) is 2. The minimum absolute atomic E-state index is 0.127. The molecule has 3 rings (SSSR count). The van der Waals surface area contributed by atoms with Crippen LogP contribution in [-0.2, 0) is 16.0 Å². The van der Waals surface area contributed by atoms with Crippen LogP contribution in [-0.4, -0.2) is 40.2 Å². The van der Waals surface area contributed by atoms with Gasteiger partial charge in [0.25, 0.3) is 0 Å². The van der Waals surface area contributed by atoms with Crippen molar-refractivity contribution in [1.29, 1.82) is 0 Å². The van der Waals surface area contributed by atoms with Crippen LogP contribution in [0.5, 0.6) is 5.75 Å². The molecule has 2 aromatic carbocycles. The molecule has 0 saturated carbocycles. The fourth-order valence-electron chi connectivity index (χ4n) is 2.50.